The number of benzene rings is 1. The molecule has 1 amide bonds. The van der Waals surface area contributed by atoms with Crippen molar-refractivity contribution in [1.82, 2.24) is 5.32 Å². The number of hydrogen-bond donors (Lipinski definition) is 1. The van der Waals surface area contributed by atoms with E-state index in [4.69, 9.17) is 9.47 Å². The van der Waals surface area contributed by atoms with Crippen LogP contribution in [-0.4, -0.2) is 32.0 Å². The predicted molar refractivity (Wildman–Crippen MR) is 67.2 cm³/mol. The molecule has 0 bridgehead atoms. The van der Waals surface area contributed by atoms with Crippen LogP contribution in [0.25, 0.3) is 0 Å². The van der Waals surface area contributed by atoms with E-state index in [0.29, 0.717) is 36.8 Å². The van der Waals surface area contributed by atoms with Crippen molar-refractivity contribution in [3.8, 4) is 11.5 Å². The molecule has 0 aliphatic heterocycles. The van der Waals surface area contributed by atoms with Crippen molar-refractivity contribution in [1.29, 1.82) is 0 Å². The second kappa shape index (κ2) is 7.32. The number of aldehydes is 1. The lowest BCUT2D eigenvalue weighted by Gasteiger charge is -2.12. The molecule has 0 heterocycles. The summed E-state index contributed by atoms with van der Waals surface area (Å²) in [6.07, 6.45) is 0.754. The van der Waals surface area contributed by atoms with E-state index in [1.807, 2.05) is 6.92 Å². The van der Waals surface area contributed by atoms with Crippen LogP contribution in [-0.2, 0) is 4.79 Å². The van der Waals surface area contributed by atoms with Crippen LogP contribution in [0.1, 0.15) is 24.2 Å². The van der Waals surface area contributed by atoms with Gasteiger partial charge in [-0.3, -0.25) is 9.59 Å². The van der Waals surface area contributed by atoms with Crippen molar-refractivity contribution in [2.45, 2.75) is 13.8 Å². The number of ether oxygens (including phenoxy) is 2. The molecule has 0 spiro atoms. The predicted octanol–water partition coefficient (Wildman–Crippen LogP) is 1.41. The van der Waals surface area contributed by atoms with E-state index >= 15 is 0 Å². The van der Waals surface area contributed by atoms with Crippen molar-refractivity contribution < 1.29 is 19.1 Å². The fourth-order valence-corrected chi connectivity index (χ4v) is 1.37. The summed E-state index contributed by atoms with van der Waals surface area (Å²) in [6, 6.07) is 4.97. The molecule has 98 valence electrons. The van der Waals surface area contributed by atoms with Gasteiger partial charge < -0.3 is 14.8 Å². The molecule has 0 aliphatic carbocycles. The van der Waals surface area contributed by atoms with E-state index in [0.717, 1.165) is 6.29 Å². The third-order valence-corrected chi connectivity index (χ3v) is 2.14. The van der Waals surface area contributed by atoms with Gasteiger partial charge in [0.25, 0.3) is 0 Å². The van der Waals surface area contributed by atoms with Crippen LogP contribution in [0.2, 0.25) is 0 Å². The van der Waals surface area contributed by atoms with E-state index in [9.17, 15) is 9.59 Å². The Morgan fingerprint density at radius 2 is 2.11 bits per heavy atom. The van der Waals surface area contributed by atoms with Gasteiger partial charge in [0.15, 0.2) is 11.5 Å². The van der Waals surface area contributed by atoms with E-state index in [2.05, 4.69) is 5.32 Å². The summed E-state index contributed by atoms with van der Waals surface area (Å²) in [6.45, 7) is 4.57. The molecule has 0 atom stereocenters. The molecule has 5 nitrogen and oxygen atoms in total. The minimum atomic E-state index is -0.0973. The van der Waals surface area contributed by atoms with Gasteiger partial charge >= 0.3 is 0 Å². The Balaban J connectivity index is 2.62. The Morgan fingerprint density at radius 1 is 1.33 bits per heavy atom. The summed E-state index contributed by atoms with van der Waals surface area (Å²) in [7, 11) is 0. The molecular formula is C13H17NO4. The molecule has 1 rings (SSSR count). The number of amides is 1. The number of nitrogens with one attached hydrogen (secondary N) is 1. The van der Waals surface area contributed by atoms with Gasteiger partial charge in [-0.25, -0.2) is 0 Å². The number of carbonyl (C=O) groups excluding carboxylic acids is 2. The highest BCUT2D eigenvalue weighted by molar-refractivity contribution is 5.76. The molecule has 0 aliphatic rings. The van der Waals surface area contributed by atoms with Crippen LogP contribution < -0.4 is 14.8 Å². The highest BCUT2D eigenvalue weighted by atomic mass is 16.5. The lowest BCUT2D eigenvalue weighted by Crippen LogP contribution is -2.25. The minimum absolute atomic E-state index is 0.0973. The number of carbonyl (C=O) groups is 2. The summed E-state index contributed by atoms with van der Waals surface area (Å²) in [5, 5.41) is 2.63. The quantitative estimate of drug-likeness (QED) is 0.588. The molecule has 1 N–H and O–H groups in total. The zero-order valence-electron chi connectivity index (χ0n) is 10.6. The number of hydrogen-bond acceptors (Lipinski definition) is 4. The van der Waals surface area contributed by atoms with Crippen molar-refractivity contribution >= 4 is 12.2 Å². The molecule has 0 fully saturated rings. The first-order valence-corrected chi connectivity index (χ1v) is 5.76. The van der Waals surface area contributed by atoms with Gasteiger partial charge in [-0.2, -0.15) is 0 Å². The average molecular weight is 251 g/mol. The van der Waals surface area contributed by atoms with E-state index in [1.165, 1.54) is 6.92 Å². The highest BCUT2D eigenvalue weighted by Crippen LogP contribution is 2.27. The lowest BCUT2D eigenvalue weighted by atomic mass is 10.2. The smallest absolute Gasteiger partial charge is 0.216 e. The van der Waals surface area contributed by atoms with Gasteiger partial charge in [-0.15, -0.1) is 0 Å². The second-order valence-corrected chi connectivity index (χ2v) is 3.59. The monoisotopic (exact) mass is 251 g/mol. The van der Waals surface area contributed by atoms with Gasteiger partial charge in [0.2, 0.25) is 5.91 Å². The Morgan fingerprint density at radius 3 is 2.72 bits per heavy atom. The van der Waals surface area contributed by atoms with Crippen LogP contribution in [0.15, 0.2) is 18.2 Å². The third-order valence-electron chi connectivity index (χ3n) is 2.14. The third kappa shape index (κ3) is 4.45. The first kappa shape index (κ1) is 14.0. The molecule has 5 heteroatoms. The van der Waals surface area contributed by atoms with Gasteiger partial charge in [0.1, 0.15) is 12.9 Å². The summed E-state index contributed by atoms with van der Waals surface area (Å²) >= 11 is 0. The van der Waals surface area contributed by atoms with Crippen LogP contribution in [0.4, 0.5) is 0 Å². The first-order chi connectivity index (χ1) is 8.67. The number of rotatable bonds is 7. The van der Waals surface area contributed by atoms with Crippen molar-refractivity contribution in [2.24, 2.45) is 0 Å². The molecule has 0 aromatic heterocycles. The molecule has 0 radical (unpaired) electrons. The van der Waals surface area contributed by atoms with E-state index in [-0.39, 0.29) is 5.91 Å². The van der Waals surface area contributed by atoms with Gasteiger partial charge in [-0.1, -0.05) is 0 Å². The molecule has 1 aromatic rings. The van der Waals surface area contributed by atoms with Crippen LogP contribution in [0.5, 0.6) is 11.5 Å². The molecule has 0 saturated heterocycles. The van der Waals surface area contributed by atoms with Crippen molar-refractivity contribution in [2.75, 3.05) is 19.8 Å². The maximum absolute atomic E-state index is 10.7. The standard InChI is InChI=1S/C13H17NO4/c1-3-17-13-8-11(9-15)4-5-12(13)18-7-6-14-10(2)16/h4-5,8-9H,3,6-7H2,1-2H3,(H,14,16). The Bertz CT molecular complexity index is 417. The molecule has 1 aromatic carbocycles. The molecule has 0 saturated carbocycles. The SMILES string of the molecule is CCOc1cc(C=O)ccc1OCCNC(C)=O. The van der Waals surface area contributed by atoms with Crippen LogP contribution in [0, 0.1) is 0 Å². The minimum Gasteiger partial charge on any atom is -0.490 e. The molecule has 0 unspecified atom stereocenters. The molecule has 18 heavy (non-hydrogen) atoms. The van der Waals surface area contributed by atoms with Gasteiger partial charge in [-0.05, 0) is 25.1 Å². The lowest BCUT2D eigenvalue weighted by molar-refractivity contribution is -0.119. The Hall–Kier alpha value is -2.04. The van der Waals surface area contributed by atoms with E-state index < -0.39 is 0 Å². The summed E-state index contributed by atoms with van der Waals surface area (Å²) < 4.78 is 10.9. The first-order valence-electron chi connectivity index (χ1n) is 5.76. The van der Waals surface area contributed by atoms with E-state index in [1.54, 1.807) is 18.2 Å². The largest absolute Gasteiger partial charge is 0.490 e. The summed E-state index contributed by atoms with van der Waals surface area (Å²) in [4.78, 5) is 21.3. The topological polar surface area (TPSA) is 64.6 Å². The van der Waals surface area contributed by atoms with Crippen molar-refractivity contribution in [3.05, 3.63) is 23.8 Å². The zero-order chi connectivity index (χ0) is 13.4. The fourth-order valence-electron chi connectivity index (χ4n) is 1.37. The normalized spacial score (nSPS) is 9.67. The maximum atomic E-state index is 10.7. The molecular weight excluding hydrogens is 234 g/mol. The Labute approximate surface area is 106 Å². The summed E-state index contributed by atoms with van der Waals surface area (Å²) in [5.74, 6) is 0.998. The second-order valence-electron chi connectivity index (χ2n) is 3.59. The maximum Gasteiger partial charge on any atom is 0.216 e. The highest BCUT2D eigenvalue weighted by Gasteiger charge is 2.06. The summed E-state index contributed by atoms with van der Waals surface area (Å²) in [5.41, 5.74) is 0.535. The zero-order valence-corrected chi connectivity index (χ0v) is 10.6. The van der Waals surface area contributed by atoms with Crippen LogP contribution >= 0.6 is 0 Å². The average Bonchev–Trinajstić information content (AvgIpc) is 2.36. The fraction of sp³-hybridized carbons (Fsp3) is 0.385. The van der Waals surface area contributed by atoms with Gasteiger partial charge in [0, 0.05) is 12.5 Å². The van der Waals surface area contributed by atoms with Crippen LogP contribution in [0.3, 0.4) is 0 Å². The van der Waals surface area contributed by atoms with Gasteiger partial charge in [0.05, 0.1) is 13.2 Å². The van der Waals surface area contributed by atoms with Crippen molar-refractivity contribution in [3.63, 3.8) is 0 Å². The Kier molecular flexibility index (Phi) is 5.70.